The monoisotopic (exact) mass is 330 g/mol. The van der Waals surface area contributed by atoms with E-state index in [1.807, 2.05) is 0 Å². The summed E-state index contributed by atoms with van der Waals surface area (Å²) >= 11 is 0. The van der Waals surface area contributed by atoms with E-state index in [0.29, 0.717) is 12.0 Å². The zero-order chi connectivity index (χ0) is 16.8. The van der Waals surface area contributed by atoms with E-state index >= 15 is 0 Å². The van der Waals surface area contributed by atoms with Crippen LogP contribution in [-0.4, -0.2) is 30.6 Å². The maximum atomic E-state index is 2.71. The standard InChI is InChI=1S/C23H26N2/c1-2-3-14-24-15-13-22-20(16-24)19-9-6-8-18-12-11-17-7-4-5-10-21(17)25(22)23(18)19/h2-10,20,22H,11-16H2,1H3/t20-,22+/m0/s1. The van der Waals surface area contributed by atoms with Crippen molar-refractivity contribution in [3.8, 4) is 0 Å². The van der Waals surface area contributed by atoms with Gasteiger partial charge in [-0.1, -0.05) is 48.6 Å². The molecular weight excluding hydrogens is 304 g/mol. The second kappa shape index (κ2) is 6.03. The van der Waals surface area contributed by atoms with Crippen LogP contribution >= 0.6 is 0 Å². The van der Waals surface area contributed by atoms with Crippen molar-refractivity contribution in [3.63, 3.8) is 0 Å². The maximum Gasteiger partial charge on any atom is 0.0483 e. The minimum Gasteiger partial charge on any atom is -0.337 e. The van der Waals surface area contributed by atoms with Crippen molar-refractivity contribution in [2.24, 2.45) is 0 Å². The fourth-order valence-corrected chi connectivity index (χ4v) is 5.14. The summed E-state index contributed by atoms with van der Waals surface area (Å²) in [5.41, 5.74) is 7.65. The minimum atomic E-state index is 0.622. The minimum absolute atomic E-state index is 0.622. The Labute approximate surface area is 150 Å². The lowest BCUT2D eigenvalue weighted by atomic mass is 9.87. The second-order valence-electron chi connectivity index (χ2n) is 7.64. The van der Waals surface area contributed by atoms with E-state index in [9.17, 15) is 0 Å². The molecule has 128 valence electrons. The maximum absolute atomic E-state index is 2.71. The van der Waals surface area contributed by atoms with Crippen LogP contribution in [0.4, 0.5) is 11.4 Å². The molecule has 0 aromatic heterocycles. The lowest BCUT2D eigenvalue weighted by Gasteiger charge is -2.39. The third kappa shape index (κ3) is 2.35. The van der Waals surface area contributed by atoms with Crippen molar-refractivity contribution in [2.45, 2.75) is 38.1 Å². The van der Waals surface area contributed by atoms with Gasteiger partial charge in [-0.3, -0.25) is 4.90 Å². The molecule has 1 saturated heterocycles. The summed E-state index contributed by atoms with van der Waals surface area (Å²) in [4.78, 5) is 5.34. The average Bonchev–Trinajstić information content (AvgIpc) is 2.88. The van der Waals surface area contributed by atoms with E-state index in [2.05, 4.69) is 71.3 Å². The van der Waals surface area contributed by atoms with Gasteiger partial charge in [0.05, 0.1) is 0 Å². The molecule has 0 unspecified atom stereocenters. The van der Waals surface area contributed by atoms with Crippen LogP contribution in [0.5, 0.6) is 0 Å². The molecule has 0 spiro atoms. The Balaban J connectivity index is 1.60. The summed E-state index contributed by atoms with van der Waals surface area (Å²) in [6, 6.07) is 16.7. The normalized spacial score (nSPS) is 24.8. The van der Waals surface area contributed by atoms with Crippen molar-refractivity contribution in [2.75, 3.05) is 24.5 Å². The Hall–Kier alpha value is -2.06. The highest BCUT2D eigenvalue weighted by Crippen LogP contribution is 2.52. The van der Waals surface area contributed by atoms with Gasteiger partial charge < -0.3 is 4.90 Å². The van der Waals surface area contributed by atoms with E-state index in [4.69, 9.17) is 0 Å². The zero-order valence-electron chi connectivity index (χ0n) is 15.0. The molecule has 2 atom stereocenters. The number of allylic oxidation sites excluding steroid dienone is 1. The first-order chi connectivity index (χ1) is 12.4. The van der Waals surface area contributed by atoms with E-state index in [-0.39, 0.29) is 0 Å². The Bertz CT molecular complexity index is 823. The van der Waals surface area contributed by atoms with Gasteiger partial charge in [0.25, 0.3) is 0 Å². The van der Waals surface area contributed by atoms with Crippen molar-refractivity contribution in [1.82, 2.24) is 4.90 Å². The van der Waals surface area contributed by atoms with Crippen molar-refractivity contribution < 1.29 is 0 Å². The van der Waals surface area contributed by atoms with Gasteiger partial charge in [0.1, 0.15) is 0 Å². The number of para-hydroxylation sites is 2. The third-order valence-electron chi connectivity index (χ3n) is 6.30. The summed E-state index contributed by atoms with van der Waals surface area (Å²) < 4.78 is 0. The second-order valence-corrected chi connectivity index (χ2v) is 7.64. The molecule has 0 N–H and O–H groups in total. The highest BCUT2D eigenvalue weighted by atomic mass is 15.2. The molecule has 2 heteroatoms. The number of hydrogen-bond donors (Lipinski definition) is 0. The number of piperidine rings is 1. The van der Waals surface area contributed by atoms with Crippen LogP contribution in [-0.2, 0) is 12.8 Å². The number of hydrogen-bond acceptors (Lipinski definition) is 2. The predicted octanol–water partition coefficient (Wildman–Crippen LogP) is 4.67. The molecule has 0 saturated carbocycles. The van der Waals surface area contributed by atoms with E-state index in [1.54, 1.807) is 11.1 Å². The Kier molecular flexibility index (Phi) is 3.67. The Morgan fingerprint density at radius 3 is 2.80 bits per heavy atom. The summed E-state index contributed by atoms with van der Waals surface area (Å²) in [5.74, 6) is 0.639. The molecule has 3 heterocycles. The first kappa shape index (κ1) is 15.2. The molecule has 0 amide bonds. The molecule has 2 nitrogen and oxygen atoms in total. The van der Waals surface area contributed by atoms with E-state index < -0.39 is 0 Å². The molecule has 25 heavy (non-hydrogen) atoms. The van der Waals surface area contributed by atoms with Gasteiger partial charge in [-0.2, -0.15) is 0 Å². The van der Waals surface area contributed by atoms with Crippen LogP contribution in [0.15, 0.2) is 54.6 Å². The van der Waals surface area contributed by atoms with Gasteiger partial charge >= 0.3 is 0 Å². The summed E-state index contributed by atoms with van der Waals surface area (Å²) in [5, 5.41) is 0. The van der Waals surface area contributed by atoms with Gasteiger partial charge in [0, 0.05) is 43.0 Å². The van der Waals surface area contributed by atoms with Gasteiger partial charge in [0.2, 0.25) is 0 Å². The van der Waals surface area contributed by atoms with E-state index in [1.165, 1.54) is 42.9 Å². The number of likely N-dealkylation sites (tertiary alicyclic amines) is 1. The molecule has 1 fully saturated rings. The number of anilines is 2. The Morgan fingerprint density at radius 2 is 1.88 bits per heavy atom. The fourth-order valence-electron chi connectivity index (χ4n) is 5.14. The Morgan fingerprint density at radius 1 is 1.04 bits per heavy atom. The quantitative estimate of drug-likeness (QED) is 0.738. The van der Waals surface area contributed by atoms with Crippen LogP contribution < -0.4 is 4.90 Å². The summed E-state index contributed by atoms with van der Waals surface area (Å²) in [6.45, 7) is 5.59. The predicted molar refractivity (Wildman–Crippen MR) is 105 cm³/mol. The van der Waals surface area contributed by atoms with Crippen molar-refractivity contribution >= 4 is 11.4 Å². The number of benzene rings is 2. The van der Waals surface area contributed by atoms with Crippen LogP contribution in [0.1, 0.15) is 36.0 Å². The van der Waals surface area contributed by atoms with Crippen LogP contribution in [0, 0.1) is 0 Å². The molecule has 0 radical (unpaired) electrons. The summed E-state index contributed by atoms with van der Waals surface area (Å²) in [7, 11) is 0. The lowest BCUT2D eigenvalue weighted by molar-refractivity contribution is 0.215. The van der Waals surface area contributed by atoms with Gasteiger partial charge in [-0.05, 0) is 48.9 Å². The smallest absolute Gasteiger partial charge is 0.0483 e. The topological polar surface area (TPSA) is 6.48 Å². The largest absolute Gasteiger partial charge is 0.337 e. The molecular formula is C23H26N2. The molecule has 0 aliphatic carbocycles. The summed E-state index contributed by atoms with van der Waals surface area (Å²) in [6.07, 6.45) is 8.05. The molecule has 3 aliphatic rings. The fraction of sp³-hybridized carbons (Fsp3) is 0.391. The van der Waals surface area contributed by atoms with Crippen LogP contribution in [0.3, 0.4) is 0 Å². The van der Waals surface area contributed by atoms with Crippen molar-refractivity contribution in [1.29, 1.82) is 0 Å². The number of rotatable bonds is 2. The molecule has 0 bridgehead atoms. The SMILES string of the molecule is CC=CCN1CC[C@@H]2[C@@H](C1)c1cccc3c1N2c1ccccc1CC3. The van der Waals surface area contributed by atoms with Gasteiger partial charge in [0.15, 0.2) is 0 Å². The molecule has 3 aliphatic heterocycles. The third-order valence-corrected chi connectivity index (χ3v) is 6.30. The van der Waals surface area contributed by atoms with Crippen LogP contribution in [0.25, 0.3) is 0 Å². The first-order valence-corrected chi connectivity index (χ1v) is 9.69. The first-order valence-electron chi connectivity index (χ1n) is 9.69. The van der Waals surface area contributed by atoms with Crippen LogP contribution in [0.2, 0.25) is 0 Å². The molecule has 5 rings (SSSR count). The van der Waals surface area contributed by atoms with Crippen molar-refractivity contribution in [3.05, 3.63) is 71.3 Å². The molecule has 2 aromatic carbocycles. The number of fused-ring (bicyclic) bond motifs is 5. The lowest BCUT2D eigenvalue weighted by Crippen LogP contribution is -2.45. The molecule has 2 aromatic rings. The zero-order valence-corrected chi connectivity index (χ0v) is 15.0. The number of nitrogens with zero attached hydrogens (tertiary/aromatic N) is 2. The highest BCUT2D eigenvalue weighted by Gasteiger charge is 2.44. The highest BCUT2D eigenvalue weighted by molar-refractivity contribution is 5.79. The van der Waals surface area contributed by atoms with E-state index in [0.717, 1.165) is 13.0 Å². The van der Waals surface area contributed by atoms with Gasteiger partial charge in [-0.25, -0.2) is 0 Å². The number of aryl methyl sites for hydroxylation is 2. The average molecular weight is 330 g/mol. The van der Waals surface area contributed by atoms with Gasteiger partial charge in [-0.15, -0.1) is 0 Å².